The number of aryl methyl sites for hydroxylation is 1. The Morgan fingerprint density at radius 2 is 1.76 bits per heavy atom. The molecule has 0 heterocycles. The number of ketones is 1. The second-order valence-corrected chi connectivity index (χ2v) is 4.68. The zero-order valence-corrected chi connectivity index (χ0v) is 10.00. The van der Waals surface area contributed by atoms with Crippen LogP contribution in [0.3, 0.4) is 0 Å². The average Bonchev–Trinajstić information content (AvgIpc) is 2.71. The first-order chi connectivity index (χ1) is 8.25. The van der Waals surface area contributed by atoms with Crippen molar-refractivity contribution in [3.63, 3.8) is 0 Å². The maximum atomic E-state index is 11.6. The molecular formula is C15H11ClO. The Balaban J connectivity index is 2.12. The third-order valence-electron chi connectivity index (χ3n) is 3.21. The van der Waals surface area contributed by atoms with Crippen molar-refractivity contribution in [2.75, 3.05) is 0 Å². The van der Waals surface area contributed by atoms with Gasteiger partial charge in [0.25, 0.3) is 0 Å². The molecule has 0 N–H and O–H groups in total. The lowest BCUT2D eigenvalue weighted by Gasteiger charge is -2.06. The lowest BCUT2D eigenvalue weighted by atomic mass is 10.0. The number of carbonyl (C=O) groups is 1. The van der Waals surface area contributed by atoms with Crippen LogP contribution >= 0.6 is 11.6 Å². The van der Waals surface area contributed by atoms with Crippen LogP contribution in [0.1, 0.15) is 22.3 Å². The molecule has 1 aliphatic carbocycles. The number of benzene rings is 2. The van der Waals surface area contributed by atoms with Crippen molar-refractivity contribution in [2.24, 2.45) is 0 Å². The molecule has 0 unspecified atom stereocenters. The highest BCUT2D eigenvalue weighted by Crippen LogP contribution is 2.31. The summed E-state index contributed by atoms with van der Waals surface area (Å²) in [6.45, 7) is 0. The van der Waals surface area contributed by atoms with Crippen LogP contribution in [0.5, 0.6) is 0 Å². The van der Waals surface area contributed by atoms with Crippen LogP contribution in [-0.2, 0) is 6.42 Å². The molecule has 0 spiro atoms. The first-order valence-corrected chi connectivity index (χ1v) is 6.04. The van der Waals surface area contributed by atoms with Gasteiger partial charge in [-0.3, -0.25) is 4.79 Å². The second-order valence-electron chi connectivity index (χ2n) is 4.27. The minimum atomic E-state index is 0.255. The minimum Gasteiger partial charge on any atom is -0.294 e. The fraction of sp³-hybridized carbons (Fsp3) is 0.133. The number of halogens is 1. The number of hydrogen-bond acceptors (Lipinski definition) is 1. The van der Waals surface area contributed by atoms with E-state index in [0.717, 1.165) is 33.7 Å². The SMILES string of the molecule is O=C1CCc2cc(-c3ccccc3Cl)ccc21. The van der Waals surface area contributed by atoms with Crippen LogP contribution in [0.25, 0.3) is 11.1 Å². The second kappa shape index (κ2) is 4.01. The summed E-state index contributed by atoms with van der Waals surface area (Å²) in [6, 6.07) is 13.8. The van der Waals surface area contributed by atoms with Gasteiger partial charge in [-0.2, -0.15) is 0 Å². The summed E-state index contributed by atoms with van der Waals surface area (Å²) in [7, 11) is 0. The molecule has 0 radical (unpaired) electrons. The zero-order chi connectivity index (χ0) is 11.8. The average molecular weight is 243 g/mol. The lowest BCUT2D eigenvalue weighted by Crippen LogP contribution is -1.91. The smallest absolute Gasteiger partial charge is 0.163 e. The van der Waals surface area contributed by atoms with E-state index in [-0.39, 0.29) is 5.78 Å². The highest BCUT2D eigenvalue weighted by Gasteiger charge is 2.19. The van der Waals surface area contributed by atoms with E-state index in [1.165, 1.54) is 0 Å². The molecular weight excluding hydrogens is 232 g/mol. The first-order valence-electron chi connectivity index (χ1n) is 5.67. The summed E-state index contributed by atoms with van der Waals surface area (Å²) in [4.78, 5) is 11.6. The molecule has 0 amide bonds. The molecule has 0 aliphatic heterocycles. The molecule has 1 aliphatic rings. The maximum absolute atomic E-state index is 11.6. The fourth-order valence-corrected chi connectivity index (χ4v) is 2.56. The Hall–Kier alpha value is -1.60. The molecule has 17 heavy (non-hydrogen) atoms. The molecule has 1 nitrogen and oxygen atoms in total. The summed E-state index contributed by atoms with van der Waals surface area (Å²) >= 11 is 6.17. The van der Waals surface area contributed by atoms with E-state index in [1.807, 2.05) is 36.4 Å². The lowest BCUT2D eigenvalue weighted by molar-refractivity contribution is 0.0994. The monoisotopic (exact) mass is 242 g/mol. The highest BCUT2D eigenvalue weighted by molar-refractivity contribution is 6.33. The molecule has 0 atom stereocenters. The van der Waals surface area contributed by atoms with E-state index in [1.54, 1.807) is 0 Å². The van der Waals surface area contributed by atoms with E-state index in [0.29, 0.717) is 6.42 Å². The van der Waals surface area contributed by atoms with Crippen molar-refractivity contribution < 1.29 is 4.79 Å². The summed E-state index contributed by atoms with van der Waals surface area (Å²) in [6.07, 6.45) is 1.49. The molecule has 0 saturated carbocycles. The molecule has 2 aromatic rings. The van der Waals surface area contributed by atoms with E-state index in [4.69, 9.17) is 11.6 Å². The normalized spacial score (nSPS) is 13.8. The van der Waals surface area contributed by atoms with Gasteiger partial charge >= 0.3 is 0 Å². The Bertz CT molecular complexity index is 602. The van der Waals surface area contributed by atoms with Gasteiger partial charge in [-0.15, -0.1) is 0 Å². The van der Waals surface area contributed by atoms with E-state index >= 15 is 0 Å². The van der Waals surface area contributed by atoms with Gasteiger partial charge in [-0.05, 0) is 23.6 Å². The molecule has 84 valence electrons. The largest absolute Gasteiger partial charge is 0.294 e. The molecule has 0 aromatic heterocycles. The third kappa shape index (κ3) is 1.77. The van der Waals surface area contributed by atoms with Crippen molar-refractivity contribution in [2.45, 2.75) is 12.8 Å². The fourth-order valence-electron chi connectivity index (χ4n) is 2.32. The third-order valence-corrected chi connectivity index (χ3v) is 3.54. The van der Waals surface area contributed by atoms with Crippen LogP contribution in [0.4, 0.5) is 0 Å². The Morgan fingerprint density at radius 1 is 0.941 bits per heavy atom. The van der Waals surface area contributed by atoms with E-state index in [9.17, 15) is 4.79 Å². The molecule has 0 fully saturated rings. The van der Waals surface area contributed by atoms with Crippen molar-refractivity contribution in [3.05, 3.63) is 58.6 Å². The number of carbonyl (C=O) groups excluding carboxylic acids is 1. The Morgan fingerprint density at radius 3 is 2.59 bits per heavy atom. The Labute approximate surface area is 105 Å². The Kier molecular flexibility index (Phi) is 2.49. The van der Waals surface area contributed by atoms with Crippen LogP contribution in [-0.4, -0.2) is 5.78 Å². The summed E-state index contributed by atoms with van der Waals surface area (Å²) in [5.41, 5.74) is 4.13. The van der Waals surface area contributed by atoms with Gasteiger partial charge < -0.3 is 0 Å². The van der Waals surface area contributed by atoms with E-state index in [2.05, 4.69) is 6.07 Å². The van der Waals surface area contributed by atoms with Crippen LogP contribution in [0.2, 0.25) is 5.02 Å². The van der Waals surface area contributed by atoms with Gasteiger partial charge in [-0.1, -0.05) is 48.0 Å². The summed E-state index contributed by atoms with van der Waals surface area (Å²) in [5.74, 6) is 0.255. The zero-order valence-electron chi connectivity index (χ0n) is 9.24. The summed E-state index contributed by atoms with van der Waals surface area (Å²) < 4.78 is 0. The summed E-state index contributed by atoms with van der Waals surface area (Å²) in [5, 5.41) is 0.747. The molecule has 2 aromatic carbocycles. The molecule has 2 heteroatoms. The standard InChI is InChI=1S/C15H11ClO/c16-14-4-2-1-3-12(14)10-5-7-13-11(9-10)6-8-15(13)17/h1-5,7,9H,6,8H2. The minimum absolute atomic E-state index is 0.255. The van der Waals surface area contributed by atoms with Crippen molar-refractivity contribution in [1.29, 1.82) is 0 Å². The van der Waals surface area contributed by atoms with Gasteiger partial charge in [0.05, 0.1) is 0 Å². The van der Waals surface area contributed by atoms with Gasteiger partial charge in [0.1, 0.15) is 0 Å². The van der Waals surface area contributed by atoms with Crippen molar-refractivity contribution in [3.8, 4) is 11.1 Å². The number of rotatable bonds is 1. The van der Waals surface area contributed by atoms with Gasteiger partial charge in [-0.25, -0.2) is 0 Å². The first kappa shape index (κ1) is 10.5. The predicted molar refractivity (Wildman–Crippen MR) is 69.5 cm³/mol. The van der Waals surface area contributed by atoms with Crippen molar-refractivity contribution >= 4 is 17.4 Å². The maximum Gasteiger partial charge on any atom is 0.163 e. The van der Waals surface area contributed by atoms with Crippen LogP contribution in [0.15, 0.2) is 42.5 Å². The van der Waals surface area contributed by atoms with Crippen LogP contribution < -0.4 is 0 Å². The van der Waals surface area contributed by atoms with Gasteiger partial charge in [0, 0.05) is 22.6 Å². The van der Waals surface area contributed by atoms with Gasteiger partial charge in [0.15, 0.2) is 5.78 Å². The number of Topliss-reactive ketones (excluding diaryl/α,β-unsaturated/α-hetero) is 1. The molecule has 0 saturated heterocycles. The molecule has 3 rings (SSSR count). The van der Waals surface area contributed by atoms with Gasteiger partial charge in [0.2, 0.25) is 0 Å². The quantitative estimate of drug-likeness (QED) is 0.735. The van der Waals surface area contributed by atoms with E-state index < -0.39 is 0 Å². The highest BCUT2D eigenvalue weighted by atomic mass is 35.5. The van der Waals surface area contributed by atoms with Crippen molar-refractivity contribution in [1.82, 2.24) is 0 Å². The number of hydrogen-bond donors (Lipinski definition) is 0. The predicted octanol–water partition coefficient (Wildman–Crippen LogP) is 4.14. The van der Waals surface area contributed by atoms with Crippen LogP contribution in [0, 0.1) is 0 Å². The topological polar surface area (TPSA) is 17.1 Å². The molecule has 0 bridgehead atoms. The number of fused-ring (bicyclic) bond motifs is 1.